The smallest absolute Gasteiger partial charge is 0.230 e. The number of hydrogen-bond acceptors (Lipinski definition) is 5. The van der Waals surface area contributed by atoms with Crippen molar-refractivity contribution in [3.8, 4) is 0 Å². The Labute approximate surface area is 169 Å². The van der Waals surface area contributed by atoms with Crippen molar-refractivity contribution in [2.45, 2.75) is 26.8 Å². The van der Waals surface area contributed by atoms with Crippen molar-refractivity contribution in [1.82, 2.24) is 15.1 Å². The number of rotatable bonds is 11. The normalized spacial score (nSPS) is 16.5. The number of piperazine rings is 1. The molecule has 1 fully saturated rings. The fourth-order valence-electron chi connectivity index (χ4n) is 3.40. The minimum absolute atomic E-state index is 0.161. The first-order chi connectivity index (χ1) is 13.1. The second-order valence-electron chi connectivity index (χ2n) is 7.09. The van der Waals surface area contributed by atoms with E-state index in [1.54, 1.807) is 11.8 Å². The molecule has 5 nitrogen and oxygen atoms in total. The summed E-state index contributed by atoms with van der Waals surface area (Å²) in [5.41, 5.74) is 1.31. The summed E-state index contributed by atoms with van der Waals surface area (Å²) < 4.78 is 0. The lowest BCUT2D eigenvalue weighted by Crippen LogP contribution is -2.52. The molecule has 2 rings (SSSR count). The van der Waals surface area contributed by atoms with Crippen molar-refractivity contribution in [1.29, 1.82) is 0 Å². The number of carbonyl (C=O) groups is 1. The molecular formula is C21H36N4OS. The second-order valence-corrected chi connectivity index (χ2v) is 8.20. The number of amides is 1. The SMILES string of the molecule is CCN(CC)CCSCC(=O)NC[C@H](C)N1CCN(c2ccccc2)CC1. The van der Waals surface area contributed by atoms with Gasteiger partial charge in [-0.25, -0.2) is 0 Å². The van der Waals surface area contributed by atoms with Gasteiger partial charge in [0.05, 0.1) is 5.75 Å². The van der Waals surface area contributed by atoms with Gasteiger partial charge in [0.2, 0.25) is 5.91 Å². The van der Waals surface area contributed by atoms with Crippen LogP contribution in [0.25, 0.3) is 0 Å². The maximum absolute atomic E-state index is 12.1. The Morgan fingerprint density at radius 3 is 2.44 bits per heavy atom. The Hall–Kier alpha value is -1.24. The largest absolute Gasteiger partial charge is 0.369 e. The molecule has 0 bridgehead atoms. The molecule has 1 aromatic carbocycles. The molecule has 1 heterocycles. The van der Waals surface area contributed by atoms with Crippen molar-refractivity contribution in [2.75, 3.05) is 68.8 Å². The van der Waals surface area contributed by atoms with E-state index < -0.39 is 0 Å². The Morgan fingerprint density at radius 2 is 1.81 bits per heavy atom. The maximum atomic E-state index is 12.1. The van der Waals surface area contributed by atoms with Gasteiger partial charge in [0, 0.05) is 56.8 Å². The summed E-state index contributed by atoms with van der Waals surface area (Å²) in [6, 6.07) is 11.0. The van der Waals surface area contributed by atoms with Crippen molar-refractivity contribution in [2.24, 2.45) is 0 Å². The number of para-hydroxylation sites is 1. The van der Waals surface area contributed by atoms with Gasteiger partial charge in [0.15, 0.2) is 0 Å². The van der Waals surface area contributed by atoms with E-state index in [1.807, 2.05) is 0 Å². The first-order valence-electron chi connectivity index (χ1n) is 10.2. The van der Waals surface area contributed by atoms with E-state index in [2.05, 4.69) is 71.1 Å². The van der Waals surface area contributed by atoms with Crippen LogP contribution >= 0.6 is 11.8 Å². The van der Waals surface area contributed by atoms with Gasteiger partial charge >= 0.3 is 0 Å². The van der Waals surface area contributed by atoms with E-state index >= 15 is 0 Å². The highest BCUT2D eigenvalue weighted by Crippen LogP contribution is 2.16. The number of nitrogens with zero attached hydrogens (tertiary/aromatic N) is 3. The third-order valence-corrected chi connectivity index (χ3v) is 6.27. The number of benzene rings is 1. The number of anilines is 1. The molecule has 1 aliphatic rings. The van der Waals surface area contributed by atoms with Crippen LogP contribution in [0.1, 0.15) is 20.8 Å². The zero-order chi connectivity index (χ0) is 19.5. The molecule has 1 amide bonds. The molecule has 0 aliphatic carbocycles. The first-order valence-corrected chi connectivity index (χ1v) is 11.4. The zero-order valence-corrected chi connectivity index (χ0v) is 18.0. The van der Waals surface area contributed by atoms with Crippen LogP contribution in [0.2, 0.25) is 0 Å². The lowest BCUT2D eigenvalue weighted by molar-refractivity contribution is -0.118. The molecule has 0 radical (unpaired) electrons. The van der Waals surface area contributed by atoms with Gasteiger partial charge < -0.3 is 15.1 Å². The van der Waals surface area contributed by atoms with Gasteiger partial charge in [-0.3, -0.25) is 9.69 Å². The molecule has 0 aromatic heterocycles. The van der Waals surface area contributed by atoms with E-state index in [-0.39, 0.29) is 5.91 Å². The number of carbonyl (C=O) groups excluding carboxylic acids is 1. The number of nitrogens with one attached hydrogen (secondary N) is 1. The van der Waals surface area contributed by atoms with E-state index in [1.165, 1.54) is 5.69 Å². The van der Waals surface area contributed by atoms with Gasteiger partial charge in [0.25, 0.3) is 0 Å². The van der Waals surface area contributed by atoms with Gasteiger partial charge in [-0.15, -0.1) is 0 Å². The summed E-state index contributed by atoms with van der Waals surface area (Å²) in [4.78, 5) is 19.4. The lowest BCUT2D eigenvalue weighted by Gasteiger charge is -2.39. The summed E-state index contributed by atoms with van der Waals surface area (Å²) in [6.07, 6.45) is 0. The Kier molecular flexibility index (Phi) is 10.0. The predicted octanol–water partition coefficient (Wildman–Crippen LogP) is 2.39. The van der Waals surface area contributed by atoms with Crippen LogP contribution in [0.15, 0.2) is 30.3 Å². The van der Waals surface area contributed by atoms with Crippen LogP contribution in [-0.2, 0) is 4.79 Å². The molecule has 1 atom stereocenters. The highest BCUT2D eigenvalue weighted by atomic mass is 32.2. The number of hydrogen-bond donors (Lipinski definition) is 1. The van der Waals surface area contributed by atoms with E-state index in [4.69, 9.17) is 0 Å². The molecule has 1 aromatic rings. The van der Waals surface area contributed by atoms with Crippen molar-refractivity contribution in [3.63, 3.8) is 0 Å². The predicted molar refractivity (Wildman–Crippen MR) is 118 cm³/mol. The van der Waals surface area contributed by atoms with Crippen LogP contribution in [0.5, 0.6) is 0 Å². The van der Waals surface area contributed by atoms with Gasteiger partial charge in [0.1, 0.15) is 0 Å². The van der Waals surface area contributed by atoms with Crippen LogP contribution in [-0.4, -0.2) is 85.6 Å². The average molecular weight is 393 g/mol. The van der Waals surface area contributed by atoms with Crippen LogP contribution in [0, 0.1) is 0 Å². The summed E-state index contributed by atoms with van der Waals surface area (Å²) in [7, 11) is 0. The molecule has 1 saturated heterocycles. The molecule has 0 unspecified atom stereocenters. The Morgan fingerprint density at radius 1 is 1.15 bits per heavy atom. The molecule has 1 N–H and O–H groups in total. The van der Waals surface area contributed by atoms with Gasteiger partial charge in [-0.2, -0.15) is 11.8 Å². The minimum atomic E-state index is 0.161. The van der Waals surface area contributed by atoms with Crippen molar-refractivity contribution in [3.05, 3.63) is 30.3 Å². The molecule has 0 saturated carbocycles. The number of thioether (sulfide) groups is 1. The Balaban J connectivity index is 1.59. The minimum Gasteiger partial charge on any atom is -0.369 e. The fraction of sp³-hybridized carbons (Fsp3) is 0.667. The topological polar surface area (TPSA) is 38.8 Å². The highest BCUT2D eigenvalue weighted by Gasteiger charge is 2.21. The van der Waals surface area contributed by atoms with Crippen LogP contribution in [0.3, 0.4) is 0 Å². The monoisotopic (exact) mass is 392 g/mol. The van der Waals surface area contributed by atoms with E-state index in [0.29, 0.717) is 11.8 Å². The molecular weight excluding hydrogens is 356 g/mol. The molecule has 6 heteroatoms. The van der Waals surface area contributed by atoms with Crippen LogP contribution < -0.4 is 10.2 Å². The quantitative estimate of drug-likeness (QED) is 0.586. The van der Waals surface area contributed by atoms with Crippen molar-refractivity contribution >= 4 is 23.4 Å². The zero-order valence-electron chi connectivity index (χ0n) is 17.2. The van der Waals surface area contributed by atoms with Gasteiger partial charge in [-0.1, -0.05) is 32.0 Å². The summed E-state index contributed by atoms with van der Waals surface area (Å²) in [5, 5.41) is 3.11. The van der Waals surface area contributed by atoms with E-state index in [9.17, 15) is 4.79 Å². The second kappa shape index (κ2) is 12.3. The third-order valence-electron chi connectivity index (χ3n) is 5.33. The molecule has 0 spiro atoms. The first kappa shape index (κ1) is 22.1. The Bertz CT molecular complexity index is 530. The molecule has 152 valence electrons. The lowest BCUT2D eigenvalue weighted by atomic mass is 10.2. The summed E-state index contributed by atoms with van der Waals surface area (Å²) in [5.74, 6) is 1.75. The third kappa shape index (κ3) is 7.72. The van der Waals surface area contributed by atoms with Crippen LogP contribution in [0.4, 0.5) is 5.69 Å². The summed E-state index contributed by atoms with van der Waals surface area (Å²) >= 11 is 1.73. The standard InChI is InChI=1S/C21H36N4OS/c1-4-23(5-2)15-16-27-18-21(26)22-17-19(3)24-11-13-25(14-12-24)20-9-7-6-8-10-20/h6-10,19H,4-5,11-18H2,1-3H3,(H,22,26)/t19-/m0/s1. The van der Waals surface area contributed by atoms with Crippen molar-refractivity contribution < 1.29 is 4.79 Å². The average Bonchev–Trinajstić information content (AvgIpc) is 2.73. The molecule has 1 aliphatic heterocycles. The highest BCUT2D eigenvalue weighted by molar-refractivity contribution is 7.99. The maximum Gasteiger partial charge on any atom is 0.230 e. The van der Waals surface area contributed by atoms with E-state index in [0.717, 1.165) is 58.1 Å². The van der Waals surface area contributed by atoms with Gasteiger partial charge in [-0.05, 0) is 32.1 Å². The molecule has 27 heavy (non-hydrogen) atoms. The fourth-order valence-corrected chi connectivity index (χ4v) is 4.22. The summed E-state index contributed by atoms with van der Waals surface area (Å²) in [6.45, 7) is 14.7.